The van der Waals surface area contributed by atoms with Crippen molar-refractivity contribution < 1.29 is 5.11 Å². The number of hydrogen-bond acceptors (Lipinski definition) is 2. The number of phenols is 1. The SMILES string of the molecule is CC(C)NC(=S)Nc1cc(Cl)cc(Cl)c1O. The highest BCUT2D eigenvalue weighted by Crippen LogP contribution is 2.34. The number of nitrogens with one attached hydrogen (secondary N) is 2. The fourth-order valence-corrected chi connectivity index (χ4v) is 1.92. The van der Waals surface area contributed by atoms with Crippen LogP contribution in [0.1, 0.15) is 13.8 Å². The average Bonchev–Trinajstić information content (AvgIpc) is 2.11. The molecule has 3 N–H and O–H groups in total. The second kappa shape index (κ2) is 5.57. The summed E-state index contributed by atoms with van der Waals surface area (Å²) in [5, 5.41) is 16.5. The summed E-state index contributed by atoms with van der Waals surface area (Å²) in [6.07, 6.45) is 0. The van der Waals surface area contributed by atoms with Gasteiger partial charge in [-0.3, -0.25) is 0 Å². The Labute approximate surface area is 110 Å². The molecular formula is C10H12Cl2N2OS. The monoisotopic (exact) mass is 278 g/mol. The van der Waals surface area contributed by atoms with Crippen molar-refractivity contribution in [1.82, 2.24) is 5.32 Å². The quantitative estimate of drug-likeness (QED) is 0.573. The van der Waals surface area contributed by atoms with Gasteiger partial charge in [0.25, 0.3) is 0 Å². The largest absolute Gasteiger partial charge is 0.504 e. The molecule has 16 heavy (non-hydrogen) atoms. The molecule has 0 spiro atoms. The van der Waals surface area contributed by atoms with Crippen molar-refractivity contribution in [3.63, 3.8) is 0 Å². The van der Waals surface area contributed by atoms with E-state index in [1.54, 1.807) is 6.07 Å². The van der Waals surface area contributed by atoms with E-state index in [9.17, 15) is 5.11 Å². The second-order valence-electron chi connectivity index (χ2n) is 3.54. The van der Waals surface area contributed by atoms with Crippen molar-refractivity contribution in [2.45, 2.75) is 19.9 Å². The molecule has 6 heteroatoms. The summed E-state index contributed by atoms with van der Waals surface area (Å²) in [6.45, 7) is 3.91. The van der Waals surface area contributed by atoms with Crippen molar-refractivity contribution in [2.24, 2.45) is 0 Å². The summed E-state index contributed by atoms with van der Waals surface area (Å²) in [5.74, 6) is -0.0704. The topological polar surface area (TPSA) is 44.3 Å². The zero-order valence-corrected chi connectivity index (χ0v) is 11.2. The van der Waals surface area contributed by atoms with Gasteiger partial charge in [-0.1, -0.05) is 23.2 Å². The van der Waals surface area contributed by atoms with Gasteiger partial charge in [0.15, 0.2) is 10.9 Å². The number of halogens is 2. The number of anilines is 1. The van der Waals surface area contributed by atoms with E-state index in [0.29, 0.717) is 15.8 Å². The van der Waals surface area contributed by atoms with Gasteiger partial charge in [0.2, 0.25) is 0 Å². The molecule has 0 saturated heterocycles. The number of hydrogen-bond donors (Lipinski definition) is 3. The van der Waals surface area contributed by atoms with Gasteiger partial charge >= 0.3 is 0 Å². The fraction of sp³-hybridized carbons (Fsp3) is 0.300. The number of rotatable bonds is 2. The number of aromatic hydroxyl groups is 1. The van der Waals surface area contributed by atoms with E-state index in [1.165, 1.54) is 6.07 Å². The molecule has 0 unspecified atom stereocenters. The third-order valence-electron chi connectivity index (χ3n) is 1.70. The van der Waals surface area contributed by atoms with Crippen LogP contribution in [0, 0.1) is 0 Å². The van der Waals surface area contributed by atoms with Crippen LogP contribution in [-0.4, -0.2) is 16.3 Å². The summed E-state index contributed by atoms with van der Waals surface area (Å²) < 4.78 is 0. The minimum Gasteiger partial charge on any atom is -0.504 e. The second-order valence-corrected chi connectivity index (χ2v) is 4.79. The smallest absolute Gasteiger partial charge is 0.171 e. The lowest BCUT2D eigenvalue weighted by molar-refractivity contribution is 0.478. The third-order valence-corrected chi connectivity index (χ3v) is 2.42. The number of phenolic OH excluding ortho intramolecular Hbond substituents is 1. The first-order valence-corrected chi connectivity index (χ1v) is 5.82. The van der Waals surface area contributed by atoms with E-state index >= 15 is 0 Å². The molecule has 0 aliphatic carbocycles. The Kier molecular flexibility index (Phi) is 4.65. The van der Waals surface area contributed by atoms with Crippen molar-refractivity contribution in [2.75, 3.05) is 5.32 Å². The molecule has 0 bridgehead atoms. The van der Waals surface area contributed by atoms with Crippen molar-refractivity contribution in [1.29, 1.82) is 0 Å². The summed E-state index contributed by atoms with van der Waals surface area (Å²) in [4.78, 5) is 0. The highest BCUT2D eigenvalue weighted by molar-refractivity contribution is 7.80. The minimum absolute atomic E-state index is 0.0704. The van der Waals surface area contributed by atoms with Gasteiger partial charge in [-0.2, -0.15) is 0 Å². The summed E-state index contributed by atoms with van der Waals surface area (Å²) >= 11 is 16.6. The van der Waals surface area contributed by atoms with Crippen LogP contribution < -0.4 is 10.6 Å². The van der Waals surface area contributed by atoms with Crippen LogP contribution in [0.5, 0.6) is 5.75 Å². The Bertz CT molecular complexity index is 410. The molecule has 1 aromatic carbocycles. The summed E-state index contributed by atoms with van der Waals surface area (Å²) in [5.41, 5.74) is 0.385. The molecule has 0 atom stereocenters. The number of benzene rings is 1. The fourth-order valence-electron chi connectivity index (χ4n) is 1.08. The molecule has 88 valence electrons. The first-order valence-electron chi connectivity index (χ1n) is 4.65. The zero-order valence-electron chi connectivity index (χ0n) is 8.84. The van der Waals surface area contributed by atoms with Crippen molar-refractivity contribution in [3.8, 4) is 5.75 Å². The Morgan fingerprint density at radius 1 is 1.38 bits per heavy atom. The van der Waals surface area contributed by atoms with E-state index in [0.717, 1.165) is 0 Å². The molecule has 0 aliphatic heterocycles. The van der Waals surface area contributed by atoms with Gasteiger partial charge in [-0.25, -0.2) is 0 Å². The van der Waals surface area contributed by atoms with Gasteiger partial charge in [-0.05, 0) is 38.2 Å². The van der Waals surface area contributed by atoms with E-state index in [-0.39, 0.29) is 16.8 Å². The van der Waals surface area contributed by atoms with E-state index in [2.05, 4.69) is 10.6 Å². The lowest BCUT2D eigenvalue weighted by atomic mass is 10.3. The maximum atomic E-state index is 9.66. The third kappa shape index (κ3) is 3.70. The predicted molar refractivity (Wildman–Crippen MR) is 72.6 cm³/mol. The van der Waals surface area contributed by atoms with Gasteiger partial charge in [0, 0.05) is 11.1 Å². The molecule has 3 nitrogen and oxygen atoms in total. The predicted octanol–water partition coefficient (Wildman–Crippen LogP) is 3.39. The van der Waals surface area contributed by atoms with E-state index < -0.39 is 0 Å². The van der Waals surface area contributed by atoms with Crippen LogP contribution in [0.4, 0.5) is 5.69 Å². The van der Waals surface area contributed by atoms with Crippen molar-refractivity contribution >= 4 is 46.2 Å². The van der Waals surface area contributed by atoms with Crippen LogP contribution in [-0.2, 0) is 0 Å². The van der Waals surface area contributed by atoms with Crippen LogP contribution >= 0.6 is 35.4 Å². The minimum atomic E-state index is -0.0704. The Morgan fingerprint density at radius 2 is 2.00 bits per heavy atom. The van der Waals surface area contributed by atoms with Crippen LogP contribution in [0.15, 0.2) is 12.1 Å². The lowest BCUT2D eigenvalue weighted by Gasteiger charge is -2.14. The van der Waals surface area contributed by atoms with Crippen molar-refractivity contribution in [3.05, 3.63) is 22.2 Å². The summed E-state index contributed by atoms with van der Waals surface area (Å²) in [6, 6.07) is 3.22. The molecule has 0 aliphatic rings. The van der Waals surface area contributed by atoms with E-state index in [4.69, 9.17) is 35.4 Å². The molecule has 0 saturated carbocycles. The Balaban J connectivity index is 2.85. The first-order chi connectivity index (χ1) is 7.40. The maximum absolute atomic E-state index is 9.66. The van der Waals surface area contributed by atoms with Gasteiger partial charge in [0.1, 0.15) is 0 Å². The molecule has 0 fully saturated rings. The van der Waals surface area contributed by atoms with Crippen LogP contribution in [0.2, 0.25) is 10.0 Å². The molecule has 1 rings (SSSR count). The molecule has 0 heterocycles. The molecule has 0 aromatic heterocycles. The van der Waals surface area contributed by atoms with Gasteiger partial charge in [0.05, 0.1) is 10.7 Å². The number of thiocarbonyl (C=S) groups is 1. The van der Waals surface area contributed by atoms with E-state index in [1.807, 2.05) is 13.8 Å². The van der Waals surface area contributed by atoms with Gasteiger partial charge < -0.3 is 15.7 Å². The molecule has 0 amide bonds. The summed E-state index contributed by atoms with van der Waals surface area (Å²) in [7, 11) is 0. The molecule has 0 radical (unpaired) electrons. The average molecular weight is 279 g/mol. The molecule has 1 aromatic rings. The lowest BCUT2D eigenvalue weighted by Crippen LogP contribution is -2.33. The Hall–Kier alpha value is -0.710. The Morgan fingerprint density at radius 3 is 2.56 bits per heavy atom. The maximum Gasteiger partial charge on any atom is 0.171 e. The highest BCUT2D eigenvalue weighted by atomic mass is 35.5. The van der Waals surface area contributed by atoms with Gasteiger partial charge in [-0.15, -0.1) is 0 Å². The first kappa shape index (κ1) is 13.4. The standard InChI is InChI=1S/C10H12Cl2N2OS/c1-5(2)13-10(16)14-8-4-6(11)3-7(12)9(8)15/h3-5,15H,1-2H3,(H2,13,14,16). The highest BCUT2D eigenvalue weighted by Gasteiger charge is 2.09. The van der Waals surface area contributed by atoms with Crippen LogP contribution in [0.25, 0.3) is 0 Å². The van der Waals surface area contributed by atoms with Crippen LogP contribution in [0.3, 0.4) is 0 Å². The zero-order chi connectivity index (χ0) is 12.3. The normalized spacial score (nSPS) is 10.3. The molecular weight excluding hydrogens is 267 g/mol.